The van der Waals surface area contributed by atoms with E-state index in [9.17, 15) is 0 Å². The highest BCUT2D eigenvalue weighted by molar-refractivity contribution is 7.60. The van der Waals surface area contributed by atoms with Crippen molar-refractivity contribution in [2.24, 2.45) is 0 Å². The van der Waals surface area contributed by atoms with Crippen LogP contribution in [0.25, 0.3) is 27.0 Å². The van der Waals surface area contributed by atoms with Crippen LogP contribution in [-0.2, 0) is 0 Å². The zero-order valence-electron chi connectivity index (χ0n) is 15.8. The molecule has 0 N–H and O–H groups in total. The van der Waals surface area contributed by atoms with E-state index in [1.165, 1.54) is 32.8 Å². The van der Waals surface area contributed by atoms with Gasteiger partial charge in [-0.05, 0) is 71.9 Å². The molecule has 2 heteroatoms. The SMILES string of the molecule is Cc1c(C)c(C)p(-c2cc(-c3ccccc3)[pH]c2-c2ccccc2)c1C. The molecule has 0 aliphatic heterocycles. The van der Waals surface area contributed by atoms with Crippen molar-refractivity contribution in [3.05, 3.63) is 88.4 Å². The van der Waals surface area contributed by atoms with Crippen molar-refractivity contribution in [1.29, 1.82) is 0 Å². The van der Waals surface area contributed by atoms with E-state index in [0.717, 1.165) is 8.19 Å². The molecule has 2 aromatic heterocycles. The second-order valence-corrected chi connectivity index (χ2v) is 10.7. The summed E-state index contributed by atoms with van der Waals surface area (Å²) < 4.78 is 0. The van der Waals surface area contributed by atoms with Gasteiger partial charge in [0.15, 0.2) is 0 Å². The van der Waals surface area contributed by atoms with Crippen molar-refractivity contribution in [1.82, 2.24) is 0 Å². The molecule has 130 valence electrons. The molecule has 1 unspecified atom stereocenters. The largest absolute Gasteiger partial charge is 0.122 e. The Bertz CT molecular complexity index is 1030. The van der Waals surface area contributed by atoms with E-state index in [1.807, 2.05) is 0 Å². The molecule has 0 saturated carbocycles. The molecule has 0 nitrogen and oxygen atoms in total. The third-order valence-electron chi connectivity index (χ3n) is 5.50. The molecule has 0 amide bonds. The van der Waals surface area contributed by atoms with Crippen LogP contribution in [0.3, 0.4) is 0 Å². The minimum absolute atomic E-state index is 0.358. The van der Waals surface area contributed by atoms with Crippen molar-refractivity contribution in [3.63, 3.8) is 0 Å². The number of benzene rings is 2. The van der Waals surface area contributed by atoms with Crippen molar-refractivity contribution in [2.45, 2.75) is 27.7 Å². The van der Waals surface area contributed by atoms with Crippen LogP contribution in [-0.4, -0.2) is 0 Å². The Kier molecular flexibility index (Phi) is 4.66. The highest BCUT2D eigenvalue weighted by Crippen LogP contribution is 2.59. The first-order valence-electron chi connectivity index (χ1n) is 9.07. The fourth-order valence-electron chi connectivity index (χ4n) is 3.71. The van der Waals surface area contributed by atoms with Crippen LogP contribution >= 0.6 is 15.7 Å². The summed E-state index contributed by atoms with van der Waals surface area (Å²) in [4.78, 5) is 0. The van der Waals surface area contributed by atoms with Gasteiger partial charge in [0.1, 0.15) is 0 Å². The van der Waals surface area contributed by atoms with Crippen LogP contribution in [0, 0.1) is 27.7 Å². The third-order valence-corrected chi connectivity index (χ3v) is 10.1. The van der Waals surface area contributed by atoms with Gasteiger partial charge in [-0.2, -0.15) is 0 Å². The van der Waals surface area contributed by atoms with Gasteiger partial charge in [0.25, 0.3) is 0 Å². The Morgan fingerprint density at radius 1 is 0.654 bits per heavy atom. The second-order valence-electron chi connectivity index (χ2n) is 6.93. The predicted octanol–water partition coefficient (Wildman–Crippen LogP) is 8.26. The van der Waals surface area contributed by atoms with E-state index in [1.54, 1.807) is 15.9 Å². The molecule has 0 radical (unpaired) electrons. The smallest absolute Gasteiger partial charge is 0.0109 e. The normalized spacial score (nSPS) is 11.4. The summed E-state index contributed by atoms with van der Waals surface area (Å²) in [5.41, 5.74) is 5.74. The number of rotatable bonds is 3. The zero-order valence-corrected chi connectivity index (χ0v) is 17.7. The number of hydrogen-bond acceptors (Lipinski definition) is 0. The molecule has 0 fully saturated rings. The van der Waals surface area contributed by atoms with Crippen LogP contribution in [0.2, 0.25) is 0 Å². The Morgan fingerprint density at radius 2 is 1.15 bits per heavy atom. The van der Waals surface area contributed by atoms with E-state index in [4.69, 9.17) is 0 Å². The lowest BCUT2D eigenvalue weighted by Gasteiger charge is -2.08. The Balaban J connectivity index is 2.00. The first-order chi connectivity index (χ1) is 12.6. The quantitative estimate of drug-likeness (QED) is 0.338. The molecule has 0 saturated heterocycles. The standard InChI is InChI=1S/C24H24P2/c1-16-17(2)19(4)26(18(16)3)23-15-22(20-11-7-5-8-12-20)25-24(23)21-13-9-6-10-14-21/h5-15,25H,1-4H3. The highest BCUT2D eigenvalue weighted by Gasteiger charge is 2.19. The maximum atomic E-state index is 2.50. The summed E-state index contributed by atoms with van der Waals surface area (Å²) in [5, 5.41) is 7.73. The molecule has 0 aliphatic carbocycles. The monoisotopic (exact) mass is 374 g/mol. The highest BCUT2D eigenvalue weighted by atomic mass is 31.1. The van der Waals surface area contributed by atoms with Crippen LogP contribution in [0.5, 0.6) is 0 Å². The van der Waals surface area contributed by atoms with Crippen molar-refractivity contribution >= 4 is 15.7 Å². The lowest BCUT2D eigenvalue weighted by molar-refractivity contribution is 1.32. The van der Waals surface area contributed by atoms with Crippen molar-refractivity contribution in [3.8, 4) is 27.0 Å². The second kappa shape index (κ2) is 6.96. The van der Waals surface area contributed by atoms with Gasteiger partial charge < -0.3 is 0 Å². The topological polar surface area (TPSA) is 0 Å². The van der Waals surface area contributed by atoms with Crippen molar-refractivity contribution in [2.75, 3.05) is 0 Å². The Labute approximate surface area is 159 Å². The molecular formula is C24H24P2. The fourth-order valence-corrected chi connectivity index (χ4v) is 8.48. The average molecular weight is 374 g/mol. The molecule has 2 aromatic carbocycles. The average Bonchev–Trinajstić information content (AvgIpc) is 3.19. The van der Waals surface area contributed by atoms with Crippen LogP contribution < -0.4 is 0 Å². The van der Waals surface area contributed by atoms with E-state index < -0.39 is 0 Å². The Morgan fingerprint density at radius 3 is 1.69 bits per heavy atom. The summed E-state index contributed by atoms with van der Waals surface area (Å²) in [6.07, 6.45) is 0. The maximum Gasteiger partial charge on any atom is 0.0109 e. The van der Waals surface area contributed by atoms with Gasteiger partial charge in [-0.1, -0.05) is 68.2 Å². The maximum absolute atomic E-state index is 2.50. The fraction of sp³-hybridized carbons (Fsp3) is 0.167. The van der Waals surface area contributed by atoms with Gasteiger partial charge in [-0.3, -0.25) is 0 Å². The van der Waals surface area contributed by atoms with E-state index >= 15 is 0 Å². The van der Waals surface area contributed by atoms with E-state index in [-0.39, 0.29) is 7.53 Å². The third kappa shape index (κ3) is 2.88. The lowest BCUT2D eigenvalue weighted by atomic mass is 10.1. The summed E-state index contributed by atoms with van der Waals surface area (Å²) in [5.74, 6) is 0. The minimum atomic E-state index is -0.358. The van der Waals surface area contributed by atoms with Gasteiger partial charge >= 0.3 is 0 Å². The summed E-state index contributed by atoms with van der Waals surface area (Å²) in [6, 6.07) is 24.4. The molecule has 2 heterocycles. The minimum Gasteiger partial charge on any atom is -0.122 e. The van der Waals surface area contributed by atoms with Gasteiger partial charge in [0.2, 0.25) is 0 Å². The van der Waals surface area contributed by atoms with Crippen LogP contribution in [0.1, 0.15) is 21.7 Å². The van der Waals surface area contributed by atoms with Crippen LogP contribution in [0.15, 0.2) is 66.7 Å². The summed E-state index contributed by atoms with van der Waals surface area (Å²) in [7, 11) is 0.370. The summed E-state index contributed by atoms with van der Waals surface area (Å²) >= 11 is 0. The van der Waals surface area contributed by atoms with Crippen LogP contribution in [0.4, 0.5) is 0 Å². The first-order valence-corrected chi connectivity index (χ1v) is 11.4. The molecule has 4 rings (SSSR count). The molecule has 0 aliphatic rings. The van der Waals surface area contributed by atoms with E-state index in [2.05, 4.69) is 94.4 Å². The molecular weight excluding hydrogens is 350 g/mol. The Hall–Kier alpha value is -2.00. The van der Waals surface area contributed by atoms with Gasteiger partial charge in [0, 0.05) is 10.6 Å². The van der Waals surface area contributed by atoms with Crippen molar-refractivity contribution < 1.29 is 0 Å². The predicted molar refractivity (Wildman–Crippen MR) is 120 cm³/mol. The van der Waals surface area contributed by atoms with E-state index in [0.29, 0.717) is 0 Å². The molecule has 0 bridgehead atoms. The van der Waals surface area contributed by atoms with Gasteiger partial charge in [-0.15, -0.1) is 8.19 Å². The van der Waals surface area contributed by atoms with Gasteiger partial charge in [-0.25, -0.2) is 0 Å². The lowest BCUT2D eigenvalue weighted by Crippen LogP contribution is -1.74. The summed E-state index contributed by atoms with van der Waals surface area (Å²) in [6.45, 7) is 9.26. The van der Waals surface area contributed by atoms with Gasteiger partial charge in [0.05, 0.1) is 0 Å². The zero-order chi connectivity index (χ0) is 18.3. The molecule has 0 spiro atoms. The molecule has 26 heavy (non-hydrogen) atoms. The number of hydrogen-bond donors (Lipinski definition) is 0. The first kappa shape index (κ1) is 17.4. The molecule has 4 aromatic rings. The molecule has 1 atom stereocenters.